The molecule has 2 heterocycles. The lowest BCUT2D eigenvalue weighted by Gasteiger charge is -2.12. The summed E-state index contributed by atoms with van der Waals surface area (Å²) in [5, 5.41) is 10.8. The molecule has 2 aromatic rings. The van der Waals surface area contributed by atoms with E-state index >= 15 is 0 Å². The number of nitrogens with zero attached hydrogens (tertiary/aromatic N) is 4. The number of nitrogens with one attached hydrogen (secondary N) is 1. The zero-order valence-electron chi connectivity index (χ0n) is 9.30. The summed E-state index contributed by atoms with van der Waals surface area (Å²) >= 11 is 3.43. The Balaban J connectivity index is 2.27. The van der Waals surface area contributed by atoms with Gasteiger partial charge in [0.05, 0.1) is 29.5 Å². The van der Waals surface area contributed by atoms with Crippen molar-refractivity contribution in [2.24, 2.45) is 5.73 Å². The fourth-order valence-corrected chi connectivity index (χ4v) is 2.07. The van der Waals surface area contributed by atoms with E-state index in [1.165, 1.54) is 6.33 Å². The molecular formula is C9H13BrN6O. The zero-order chi connectivity index (χ0) is 12.3. The number of aromatic amines is 1. The van der Waals surface area contributed by atoms with E-state index < -0.39 is 6.04 Å². The molecule has 0 aliphatic carbocycles. The smallest absolute Gasteiger partial charge is 0.147 e. The van der Waals surface area contributed by atoms with E-state index in [0.29, 0.717) is 19.0 Å². The standard InChI is InChI=1S/C9H13BrN6O/c1-17-3-2-16-8(6(10)4-14-16)7(11)9-12-5-13-15-9/h4-5,7H,2-3,11H2,1H3,(H,12,13,15). The molecule has 0 radical (unpaired) electrons. The minimum absolute atomic E-state index is 0.397. The number of rotatable bonds is 5. The summed E-state index contributed by atoms with van der Waals surface area (Å²) < 4.78 is 7.67. The van der Waals surface area contributed by atoms with Crippen LogP contribution >= 0.6 is 15.9 Å². The van der Waals surface area contributed by atoms with Crippen LogP contribution in [0, 0.1) is 0 Å². The monoisotopic (exact) mass is 300 g/mol. The van der Waals surface area contributed by atoms with Crippen molar-refractivity contribution in [1.82, 2.24) is 25.0 Å². The summed E-state index contributed by atoms with van der Waals surface area (Å²) in [5.74, 6) is 0.602. The molecule has 17 heavy (non-hydrogen) atoms. The van der Waals surface area contributed by atoms with E-state index in [9.17, 15) is 0 Å². The number of ether oxygens (including phenoxy) is 1. The first-order valence-electron chi connectivity index (χ1n) is 5.05. The highest BCUT2D eigenvalue weighted by atomic mass is 79.9. The Bertz CT molecular complexity index is 468. The van der Waals surface area contributed by atoms with E-state index in [1.54, 1.807) is 18.0 Å². The van der Waals surface area contributed by atoms with Gasteiger partial charge in [-0.15, -0.1) is 0 Å². The van der Waals surface area contributed by atoms with E-state index in [4.69, 9.17) is 10.5 Å². The predicted molar refractivity (Wildman–Crippen MR) is 64.2 cm³/mol. The lowest BCUT2D eigenvalue weighted by atomic mass is 10.2. The van der Waals surface area contributed by atoms with Crippen LogP contribution in [0.15, 0.2) is 17.0 Å². The number of nitrogens with two attached hydrogens (primary N) is 1. The molecule has 0 aromatic carbocycles. The fraction of sp³-hybridized carbons (Fsp3) is 0.444. The van der Waals surface area contributed by atoms with Gasteiger partial charge in [-0.1, -0.05) is 0 Å². The second kappa shape index (κ2) is 5.39. The first-order chi connectivity index (χ1) is 8.24. The Labute approximate surface area is 106 Å². The summed E-state index contributed by atoms with van der Waals surface area (Å²) in [7, 11) is 1.65. The zero-order valence-corrected chi connectivity index (χ0v) is 10.9. The quantitative estimate of drug-likeness (QED) is 0.836. The molecule has 0 saturated heterocycles. The maximum Gasteiger partial charge on any atom is 0.147 e. The third-order valence-electron chi connectivity index (χ3n) is 2.36. The van der Waals surface area contributed by atoms with Gasteiger partial charge in [-0.25, -0.2) is 4.98 Å². The number of H-pyrrole nitrogens is 1. The summed E-state index contributed by atoms with van der Waals surface area (Å²) in [6.45, 7) is 1.21. The van der Waals surface area contributed by atoms with Gasteiger partial charge in [0, 0.05) is 7.11 Å². The molecule has 0 spiro atoms. The van der Waals surface area contributed by atoms with Crippen LogP contribution in [-0.2, 0) is 11.3 Å². The molecule has 1 atom stereocenters. The largest absolute Gasteiger partial charge is 0.383 e. The average molecular weight is 301 g/mol. The van der Waals surface area contributed by atoms with Gasteiger partial charge >= 0.3 is 0 Å². The number of halogens is 1. The molecule has 3 N–H and O–H groups in total. The van der Waals surface area contributed by atoms with Crippen molar-refractivity contribution in [1.29, 1.82) is 0 Å². The highest BCUT2D eigenvalue weighted by Crippen LogP contribution is 2.24. The van der Waals surface area contributed by atoms with Crippen molar-refractivity contribution in [3.63, 3.8) is 0 Å². The Morgan fingerprint density at radius 3 is 3.12 bits per heavy atom. The summed E-state index contributed by atoms with van der Waals surface area (Å²) in [5.41, 5.74) is 6.96. The van der Waals surface area contributed by atoms with Gasteiger partial charge in [0.25, 0.3) is 0 Å². The molecule has 2 aromatic heterocycles. The molecule has 0 bridgehead atoms. The molecule has 7 nitrogen and oxygen atoms in total. The van der Waals surface area contributed by atoms with Gasteiger partial charge in [-0.2, -0.15) is 10.2 Å². The summed E-state index contributed by atoms with van der Waals surface area (Å²) in [6, 6.07) is -0.397. The van der Waals surface area contributed by atoms with Crippen LogP contribution in [0.25, 0.3) is 0 Å². The molecule has 92 valence electrons. The minimum atomic E-state index is -0.397. The fourth-order valence-electron chi connectivity index (χ4n) is 1.53. The Morgan fingerprint density at radius 2 is 2.47 bits per heavy atom. The molecule has 0 saturated carbocycles. The van der Waals surface area contributed by atoms with Crippen molar-refractivity contribution in [3.05, 3.63) is 28.5 Å². The van der Waals surface area contributed by atoms with Crippen LogP contribution in [-0.4, -0.2) is 38.7 Å². The molecule has 2 rings (SSSR count). The molecular weight excluding hydrogens is 288 g/mol. The van der Waals surface area contributed by atoms with Crippen LogP contribution < -0.4 is 5.73 Å². The predicted octanol–water partition coefficient (Wildman–Crippen LogP) is 0.458. The lowest BCUT2D eigenvalue weighted by Crippen LogP contribution is -2.20. The number of methoxy groups -OCH3 is 1. The second-order valence-electron chi connectivity index (χ2n) is 3.44. The Morgan fingerprint density at radius 1 is 1.65 bits per heavy atom. The van der Waals surface area contributed by atoms with Crippen molar-refractivity contribution in [2.45, 2.75) is 12.6 Å². The highest BCUT2D eigenvalue weighted by Gasteiger charge is 2.20. The summed E-state index contributed by atoms with van der Waals surface area (Å²) in [4.78, 5) is 4.05. The van der Waals surface area contributed by atoms with Crippen LogP contribution in [0.4, 0.5) is 0 Å². The minimum Gasteiger partial charge on any atom is -0.383 e. The van der Waals surface area contributed by atoms with Crippen LogP contribution in [0.2, 0.25) is 0 Å². The lowest BCUT2D eigenvalue weighted by molar-refractivity contribution is 0.182. The van der Waals surface area contributed by atoms with Gasteiger partial charge in [-0.05, 0) is 15.9 Å². The normalized spacial score (nSPS) is 12.9. The number of hydrogen-bond acceptors (Lipinski definition) is 5. The maximum atomic E-state index is 6.11. The molecule has 0 aliphatic rings. The third kappa shape index (κ3) is 2.54. The molecule has 0 fully saturated rings. The number of aromatic nitrogens is 5. The molecule has 0 aliphatic heterocycles. The van der Waals surface area contributed by atoms with Gasteiger partial charge in [0.2, 0.25) is 0 Å². The SMILES string of the molecule is COCCn1ncc(Br)c1C(N)c1ncn[nH]1. The third-order valence-corrected chi connectivity index (χ3v) is 2.97. The van der Waals surface area contributed by atoms with Crippen molar-refractivity contribution >= 4 is 15.9 Å². The molecule has 0 amide bonds. The van der Waals surface area contributed by atoms with E-state index in [2.05, 4.69) is 36.2 Å². The number of hydrogen-bond donors (Lipinski definition) is 2. The van der Waals surface area contributed by atoms with Gasteiger partial charge in [-0.3, -0.25) is 9.78 Å². The Hall–Kier alpha value is -1.25. The van der Waals surface area contributed by atoms with Gasteiger partial charge in [0.1, 0.15) is 18.2 Å². The Kier molecular flexibility index (Phi) is 3.87. The van der Waals surface area contributed by atoms with Crippen molar-refractivity contribution in [3.8, 4) is 0 Å². The molecule has 1 unspecified atom stereocenters. The van der Waals surface area contributed by atoms with Crippen LogP contribution in [0.1, 0.15) is 17.6 Å². The first-order valence-corrected chi connectivity index (χ1v) is 5.84. The summed E-state index contributed by atoms with van der Waals surface area (Å²) in [6.07, 6.45) is 3.14. The van der Waals surface area contributed by atoms with Gasteiger partial charge < -0.3 is 10.5 Å². The van der Waals surface area contributed by atoms with E-state index in [1.807, 2.05) is 0 Å². The maximum absolute atomic E-state index is 6.11. The average Bonchev–Trinajstić information content (AvgIpc) is 2.95. The van der Waals surface area contributed by atoms with E-state index in [0.717, 1.165) is 10.2 Å². The topological polar surface area (TPSA) is 94.6 Å². The first kappa shape index (κ1) is 12.2. The van der Waals surface area contributed by atoms with E-state index in [-0.39, 0.29) is 0 Å². The van der Waals surface area contributed by atoms with Crippen molar-refractivity contribution < 1.29 is 4.74 Å². The highest BCUT2D eigenvalue weighted by molar-refractivity contribution is 9.10. The molecule has 8 heteroatoms. The van der Waals surface area contributed by atoms with Crippen molar-refractivity contribution in [2.75, 3.05) is 13.7 Å². The second-order valence-corrected chi connectivity index (χ2v) is 4.30. The van der Waals surface area contributed by atoms with Gasteiger partial charge in [0.15, 0.2) is 0 Å². The van der Waals surface area contributed by atoms with Crippen LogP contribution in [0.5, 0.6) is 0 Å². The van der Waals surface area contributed by atoms with Crippen LogP contribution in [0.3, 0.4) is 0 Å².